The van der Waals surface area contributed by atoms with Gasteiger partial charge in [0.05, 0.1) is 18.6 Å². The van der Waals surface area contributed by atoms with Crippen LogP contribution in [0.15, 0.2) is 55.0 Å². The molecule has 6 heteroatoms. The molecule has 0 aliphatic heterocycles. The first-order valence-electron chi connectivity index (χ1n) is 7.96. The van der Waals surface area contributed by atoms with Gasteiger partial charge >= 0.3 is 0 Å². The number of hydrogen-bond donors (Lipinski definition) is 1. The van der Waals surface area contributed by atoms with Gasteiger partial charge in [0.2, 0.25) is 0 Å². The fourth-order valence-electron chi connectivity index (χ4n) is 2.16. The molecule has 0 bridgehead atoms. The highest BCUT2D eigenvalue weighted by molar-refractivity contribution is 6.34. The Labute approximate surface area is 157 Å². The van der Waals surface area contributed by atoms with Crippen molar-refractivity contribution in [3.63, 3.8) is 0 Å². The van der Waals surface area contributed by atoms with Crippen molar-refractivity contribution in [3.8, 4) is 11.4 Å². The summed E-state index contributed by atoms with van der Waals surface area (Å²) in [4.78, 5) is 4.08. The second-order valence-electron chi connectivity index (χ2n) is 4.99. The van der Waals surface area contributed by atoms with Gasteiger partial charge in [0.1, 0.15) is 12.4 Å². The van der Waals surface area contributed by atoms with E-state index in [-0.39, 0.29) is 6.61 Å². The van der Waals surface area contributed by atoms with Crippen molar-refractivity contribution < 1.29 is 9.84 Å². The van der Waals surface area contributed by atoms with Crippen molar-refractivity contribution in [3.05, 3.63) is 76.3 Å². The molecule has 0 fully saturated rings. The molecule has 25 heavy (non-hydrogen) atoms. The zero-order valence-electron chi connectivity index (χ0n) is 14.1. The highest BCUT2D eigenvalue weighted by Gasteiger charge is 2.02. The number of halogens is 2. The summed E-state index contributed by atoms with van der Waals surface area (Å²) in [6, 6.07) is 12.9. The van der Waals surface area contributed by atoms with Crippen LogP contribution in [0.3, 0.4) is 0 Å². The first-order valence-corrected chi connectivity index (χ1v) is 8.71. The molecule has 0 spiro atoms. The summed E-state index contributed by atoms with van der Waals surface area (Å²) in [5.74, 6) is 0.743. The number of aromatic nitrogens is 2. The molecule has 1 N–H and O–H groups in total. The highest BCUT2D eigenvalue weighted by Crippen LogP contribution is 2.21. The molecule has 0 aliphatic rings. The van der Waals surface area contributed by atoms with Gasteiger partial charge < -0.3 is 14.4 Å². The molecule has 0 saturated carbocycles. The zero-order chi connectivity index (χ0) is 18.2. The standard InChI is InChI=1S/C17H14Cl2N2O2.C2H6/c18-13-5-12(6-14(19)7-13)10-23-17-3-1-16(2-4-17)21-8-15(9-22)20-11-21;1-2/h1-8,11,22H,9-10H2;1-2H3. The number of aliphatic hydroxyl groups is 1. The summed E-state index contributed by atoms with van der Waals surface area (Å²) in [5, 5.41) is 10.2. The molecule has 132 valence electrons. The Hall–Kier alpha value is -2.01. The maximum absolute atomic E-state index is 9.04. The summed E-state index contributed by atoms with van der Waals surface area (Å²) in [7, 11) is 0. The van der Waals surface area contributed by atoms with Gasteiger partial charge in [0, 0.05) is 21.9 Å². The SMILES string of the molecule is CC.OCc1cn(-c2ccc(OCc3cc(Cl)cc(Cl)c3)cc2)cn1. The maximum atomic E-state index is 9.04. The van der Waals surface area contributed by atoms with Crippen LogP contribution in [0, 0.1) is 0 Å². The van der Waals surface area contributed by atoms with Crippen molar-refractivity contribution in [1.29, 1.82) is 0 Å². The van der Waals surface area contributed by atoms with Crippen LogP contribution in [0.4, 0.5) is 0 Å². The van der Waals surface area contributed by atoms with E-state index in [9.17, 15) is 0 Å². The first-order chi connectivity index (χ1) is 12.1. The molecular weight excluding hydrogens is 359 g/mol. The van der Waals surface area contributed by atoms with Crippen LogP contribution in [0.1, 0.15) is 25.1 Å². The average molecular weight is 379 g/mol. The molecule has 0 radical (unpaired) electrons. The van der Waals surface area contributed by atoms with Crippen molar-refractivity contribution in [2.75, 3.05) is 0 Å². The predicted molar refractivity (Wildman–Crippen MR) is 102 cm³/mol. The monoisotopic (exact) mass is 378 g/mol. The van der Waals surface area contributed by atoms with Crippen LogP contribution in [-0.2, 0) is 13.2 Å². The molecular formula is C19H20Cl2N2O2. The van der Waals surface area contributed by atoms with Gasteiger partial charge in [-0.05, 0) is 48.0 Å². The third-order valence-corrected chi connectivity index (χ3v) is 3.70. The number of rotatable bonds is 5. The fourth-order valence-corrected chi connectivity index (χ4v) is 2.73. The third kappa shape index (κ3) is 5.49. The Balaban J connectivity index is 0.00000109. The smallest absolute Gasteiger partial charge is 0.119 e. The minimum atomic E-state index is -0.0730. The number of nitrogens with zero attached hydrogens (tertiary/aromatic N) is 2. The Morgan fingerprint density at radius 2 is 1.68 bits per heavy atom. The van der Waals surface area contributed by atoms with E-state index in [0.717, 1.165) is 17.0 Å². The largest absolute Gasteiger partial charge is 0.489 e. The van der Waals surface area contributed by atoms with Crippen LogP contribution >= 0.6 is 23.2 Å². The molecule has 0 amide bonds. The van der Waals surface area contributed by atoms with Crippen molar-refractivity contribution >= 4 is 23.2 Å². The van der Waals surface area contributed by atoms with Gasteiger partial charge in [0.15, 0.2) is 0 Å². The van der Waals surface area contributed by atoms with E-state index in [2.05, 4.69) is 4.98 Å². The zero-order valence-corrected chi connectivity index (χ0v) is 15.6. The van der Waals surface area contributed by atoms with Gasteiger partial charge in [0.25, 0.3) is 0 Å². The Morgan fingerprint density at radius 3 is 2.24 bits per heavy atom. The summed E-state index contributed by atoms with van der Waals surface area (Å²) in [6.07, 6.45) is 3.44. The molecule has 0 saturated heterocycles. The topological polar surface area (TPSA) is 47.3 Å². The Morgan fingerprint density at radius 1 is 1.04 bits per heavy atom. The fraction of sp³-hybridized carbons (Fsp3) is 0.211. The molecule has 0 aliphatic carbocycles. The van der Waals surface area contributed by atoms with E-state index in [4.69, 9.17) is 33.0 Å². The van der Waals surface area contributed by atoms with E-state index >= 15 is 0 Å². The minimum Gasteiger partial charge on any atom is -0.489 e. The Kier molecular flexibility index (Phi) is 7.31. The predicted octanol–water partition coefficient (Wildman–Crippen LogP) is 5.28. The quantitative estimate of drug-likeness (QED) is 0.656. The molecule has 3 rings (SSSR count). The van der Waals surface area contributed by atoms with Crippen LogP contribution in [-0.4, -0.2) is 14.7 Å². The molecule has 3 aromatic rings. The molecule has 2 aromatic carbocycles. The molecule has 0 unspecified atom stereocenters. The normalized spacial score (nSPS) is 10.1. The van der Waals surface area contributed by atoms with Gasteiger partial charge in [-0.15, -0.1) is 0 Å². The lowest BCUT2D eigenvalue weighted by Crippen LogP contribution is -1.96. The van der Waals surface area contributed by atoms with E-state index in [1.54, 1.807) is 18.6 Å². The third-order valence-electron chi connectivity index (χ3n) is 3.26. The number of benzene rings is 2. The van der Waals surface area contributed by atoms with Gasteiger partial charge in [-0.1, -0.05) is 37.0 Å². The first kappa shape index (κ1) is 19.3. The van der Waals surface area contributed by atoms with Gasteiger partial charge in [-0.2, -0.15) is 0 Å². The van der Waals surface area contributed by atoms with Gasteiger partial charge in [-0.25, -0.2) is 4.98 Å². The summed E-state index contributed by atoms with van der Waals surface area (Å²) in [6.45, 7) is 4.32. The minimum absolute atomic E-state index is 0.0730. The van der Waals surface area contributed by atoms with E-state index in [1.165, 1.54) is 0 Å². The van der Waals surface area contributed by atoms with Crippen molar-refractivity contribution in [1.82, 2.24) is 9.55 Å². The summed E-state index contributed by atoms with van der Waals surface area (Å²) < 4.78 is 7.58. The average Bonchev–Trinajstić information content (AvgIpc) is 3.10. The highest BCUT2D eigenvalue weighted by atomic mass is 35.5. The number of hydrogen-bond acceptors (Lipinski definition) is 3. The van der Waals surface area contributed by atoms with E-state index < -0.39 is 0 Å². The maximum Gasteiger partial charge on any atom is 0.119 e. The lowest BCUT2D eigenvalue weighted by atomic mass is 10.2. The molecule has 0 atom stereocenters. The van der Waals surface area contributed by atoms with Crippen LogP contribution < -0.4 is 4.74 Å². The van der Waals surface area contributed by atoms with Crippen molar-refractivity contribution in [2.45, 2.75) is 27.1 Å². The summed E-state index contributed by atoms with van der Waals surface area (Å²) >= 11 is 11.9. The second-order valence-corrected chi connectivity index (χ2v) is 5.86. The van der Waals surface area contributed by atoms with Gasteiger partial charge in [-0.3, -0.25) is 0 Å². The van der Waals surface area contributed by atoms with Crippen LogP contribution in [0.5, 0.6) is 5.75 Å². The molecule has 1 aromatic heterocycles. The summed E-state index contributed by atoms with van der Waals surface area (Å²) in [5.41, 5.74) is 2.48. The van der Waals surface area contributed by atoms with Crippen molar-refractivity contribution in [2.24, 2.45) is 0 Å². The molecule has 1 heterocycles. The van der Waals surface area contributed by atoms with E-state index in [1.807, 2.05) is 54.8 Å². The number of ether oxygens (including phenoxy) is 1. The molecule has 4 nitrogen and oxygen atoms in total. The number of aliphatic hydroxyl groups excluding tert-OH is 1. The lowest BCUT2D eigenvalue weighted by Gasteiger charge is -2.08. The number of imidazole rings is 1. The van der Waals surface area contributed by atoms with Crippen LogP contribution in [0.2, 0.25) is 10.0 Å². The Bertz CT molecular complexity index is 781. The van der Waals surface area contributed by atoms with Crippen LogP contribution in [0.25, 0.3) is 5.69 Å². The lowest BCUT2D eigenvalue weighted by molar-refractivity contribution is 0.277. The van der Waals surface area contributed by atoms with E-state index in [0.29, 0.717) is 22.3 Å². The second kappa shape index (κ2) is 9.47.